The molecule has 1 N–H and O–H groups in total. The fourth-order valence-corrected chi connectivity index (χ4v) is 2.98. The Labute approximate surface area is 108 Å². The second-order valence-corrected chi connectivity index (χ2v) is 5.48. The van der Waals surface area contributed by atoms with Crippen molar-refractivity contribution in [1.82, 2.24) is 4.90 Å². The highest BCUT2D eigenvalue weighted by Crippen LogP contribution is 2.37. The van der Waals surface area contributed by atoms with Crippen molar-refractivity contribution < 1.29 is 9.90 Å². The zero-order valence-corrected chi connectivity index (χ0v) is 11.3. The molecule has 0 fully saturated rings. The van der Waals surface area contributed by atoms with Gasteiger partial charge >= 0.3 is 5.97 Å². The van der Waals surface area contributed by atoms with Gasteiger partial charge in [-0.3, -0.25) is 9.69 Å². The quantitative estimate of drug-likeness (QED) is 0.892. The molecule has 98 valence electrons. The first-order chi connectivity index (χ1) is 8.52. The largest absolute Gasteiger partial charge is 0.481 e. The summed E-state index contributed by atoms with van der Waals surface area (Å²) in [6, 6.07) is 8.23. The van der Waals surface area contributed by atoms with E-state index in [1.54, 1.807) is 0 Å². The Morgan fingerprint density at radius 1 is 1.39 bits per heavy atom. The van der Waals surface area contributed by atoms with E-state index in [1.165, 1.54) is 11.1 Å². The van der Waals surface area contributed by atoms with E-state index in [-0.39, 0.29) is 17.9 Å². The van der Waals surface area contributed by atoms with Crippen LogP contribution in [0.3, 0.4) is 0 Å². The highest BCUT2D eigenvalue weighted by atomic mass is 16.4. The molecule has 1 aliphatic rings. The van der Waals surface area contributed by atoms with Gasteiger partial charge < -0.3 is 5.11 Å². The topological polar surface area (TPSA) is 40.5 Å². The summed E-state index contributed by atoms with van der Waals surface area (Å²) in [5.41, 5.74) is 2.49. The first-order valence-corrected chi connectivity index (χ1v) is 6.53. The minimum Gasteiger partial charge on any atom is -0.481 e. The molecule has 3 heteroatoms. The number of carboxylic acid groups (broad SMARTS) is 1. The predicted molar refractivity (Wildman–Crippen MR) is 71.5 cm³/mol. The third-order valence-corrected chi connectivity index (χ3v) is 3.93. The molecular formula is C15H21NO2. The monoisotopic (exact) mass is 247 g/mol. The van der Waals surface area contributed by atoms with E-state index in [2.05, 4.69) is 17.0 Å². The minimum atomic E-state index is -0.696. The Morgan fingerprint density at radius 2 is 2.06 bits per heavy atom. The number of rotatable bonds is 3. The van der Waals surface area contributed by atoms with Crippen LogP contribution < -0.4 is 0 Å². The van der Waals surface area contributed by atoms with Crippen LogP contribution in [-0.2, 0) is 11.2 Å². The molecule has 0 saturated carbocycles. The van der Waals surface area contributed by atoms with E-state index < -0.39 is 5.97 Å². The van der Waals surface area contributed by atoms with Gasteiger partial charge in [-0.25, -0.2) is 0 Å². The number of fused-ring (bicyclic) bond motifs is 1. The average Bonchev–Trinajstić information content (AvgIpc) is 2.31. The number of likely N-dealkylation sites (N-methyl/N-ethyl adjacent to an activating group) is 1. The molecule has 1 aromatic carbocycles. The number of carboxylic acids is 1. The van der Waals surface area contributed by atoms with E-state index >= 15 is 0 Å². The molecule has 2 rings (SSSR count). The van der Waals surface area contributed by atoms with Gasteiger partial charge in [-0.2, -0.15) is 0 Å². The van der Waals surface area contributed by atoms with Gasteiger partial charge in [-0.15, -0.1) is 0 Å². The SMILES string of the molecule is CC(C)C(C(=O)O)C1c2ccccc2CCN1C. The first-order valence-electron chi connectivity index (χ1n) is 6.53. The van der Waals surface area contributed by atoms with Gasteiger partial charge in [0.1, 0.15) is 0 Å². The molecule has 0 bridgehead atoms. The van der Waals surface area contributed by atoms with Crippen LogP contribution in [-0.4, -0.2) is 29.6 Å². The van der Waals surface area contributed by atoms with Crippen molar-refractivity contribution in [2.75, 3.05) is 13.6 Å². The average molecular weight is 247 g/mol. The van der Waals surface area contributed by atoms with Crippen LogP contribution in [0.5, 0.6) is 0 Å². The zero-order valence-electron chi connectivity index (χ0n) is 11.3. The minimum absolute atomic E-state index is 0.00699. The summed E-state index contributed by atoms with van der Waals surface area (Å²) in [7, 11) is 2.03. The van der Waals surface area contributed by atoms with Crippen LogP contribution in [0.4, 0.5) is 0 Å². The fourth-order valence-electron chi connectivity index (χ4n) is 2.98. The maximum atomic E-state index is 11.6. The lowest BCUT2D eigenvalue weighted by atomic mass is 9.79. The van der Waals surface area contributed by atoms with E-state index in [9.17, 15) is 9.90 Å². The lowest BCUT2D eigenvalue weighted by molar-refractivity contribution is -0.146. The highest BCUT2D eigenvalue weighted by Gasteiger charge is 2.37. The standard InChI is InChI=1S/C15H21NO2/c1-10(2)13(15(17)18)14-12-7-5-4-6-11(12)8-9-16(14)3/h4-7,10,13-14H,8-9H2,1-3H3,(H,17,18). The van der Waals surface area contributed by atoms with Crippen LogP contribution >= 0.6 is 0 Å². The van der Waals surface area contributed by atoms with Crippen molar-refractivity contribution in [3.05, 3.63) is 35.4 Å². The molecule has 1 aromatic rings. The van der Waals surface area contributed by atoms with Gasteiger partial charge in [0.25, 0.3) is 0 Å². The number of aliphatic carboxylic acids is 1. The van der Waals surface area contributed by atoms with Crippen molar-refractivity contribution in [3.63, 3.8) is 0 Å². The van der Waals surface area contributed by atoms with Gasteiger partial charge in [0, 0.05) is 12.6 Å². The van der Waals surface area contributed by atoms with Crippen molar-refractivity contribution >= 4 is 5.97 Å². The molecule has 0 aliphatic carbocycles. The maximum absolute atomic E-state index is 11.6. The van der Waals surface area contributed by atoms with Crippen LogP contribution in [0, 0.1) is 11.8 Å². The summed E-state index contributed by atoms with van der Waals surface area (Å²) < 4.78 is 0. The summed E-state index contributed by atoms with van der Waals surface area (Å²) in [4.78, 5) is 13.8. The fraction of sp³-hybridized carbons (Fsp3) is 0.533. The molecule has 0 spiro atoms. The summed E-state index contributed by atoms with van der Waals surface area (Å²) in [5, 5.41) is 9.51. The Kier molecular flexibility index (Phi) is 3.71. The van der Waals surface area contributed by atoms with E-state index in [1.807, 2.05) is 33.0 Å². The van der Waals surface area contributed by atoms with Crippen molar-refractivity contribution in [1.29, 1.82) is 0 Å². The smallest absolute Gasteiger partial charge is 0.308 e. The van der Waals surface area contributed by atoms with Gasteiger partial charge in [-0.05, 0) is 30.5 Å². The first kappa shape index (κ1) is 13.1. The molecular weight excluding hydrogens is 226 g/mol. The second-order valence-electron chi connectivity index (χ2n) is 5.48. The summed E-state index contributed by atoms with van der Waals surface area (Å²) in [6.07, 6.45) is 1.01. The van der Waals surface area contributed by atoms with Gasteiger partial charge in [0.2, 0.25) is 0 Å². The van der Waals surface area contributed by atoms with Crippen LogP contribution in [0.1, 0.15) is 31.0 Å². The highest BCUT2D eigenvalue weighted by molar-refractivity contribution is 5.72. The Balaban J connectivity index is 2.45. The predicted octanol–water partition coefficient (Wildman–Crippen LogP) is 2.57. The number of hydrogen-bond acceptors (Lipinski definition) is 2. The molecule has 18 heavy (non-hydrogen) atoms. The van der Waals surface area contributed by atoms with Crippen LogP contribution in [0.2, 0.25) is 0 Å². The van der Waals surface area contributed by atoms with Crippen LogP contribution in [0.25, 0.3) is 0 Å². The molecule has 0 radical (unpaired) electrons. The molecule has 0 aromatic heterocycles. The molecule has 2 atom stereocenters. The van der Waals surface area contributed by atoms with Crippen molar-refractivity contribution in [2.24, 2.45) is 11.8 Å². The van der Waals surface area contributed by atoms with E-state index in [0.717, 1.165) is 13.0 Å². The Bertz CT molecular complexity index is 442. The number of hydrogen-bond donors (Lipinski definition) is 1. The number of nitrogens with zero attached hydrogens (tertiary/aromatic N) is 1. The van der Waals surface area contributed by atoms with E-state index in [0.29, 0.717) is 0 Å². The molecule has 0 saturated heterocycles. The zero-order chi connectivity index (χ0) is 13.3. The van der Waals surface area contributed by atoms with Crippen LogP contribution in [0.15, 0.2) is 24.3 Å². The Morgan fingerprint density at radius 3 is 2.67 bits per heavy atom. The van der Waals surface area contributed by atoms with Gasteiger partial charge in [-0.1, -0.05) is 38.1 Å². The van der Waals surface area contributed by atoms with Gasteiger partial charge in [0.05, 0.1) is 5.92 Å². The second kappa shape index (κ2) is 5.11. The third kappa shape index (κ3) is 2.27. The maximum Gasteiger partial charge on any atom is 0.308 e. The number of benzene rings is 1. The molecule has 1 aliphatic heterocycles. The molecule has 3 nitrogen and oxygen atoms in total. The summed E-state index contributed by atoms with van der Waals surface area (Å²) >= 11 is 0. The van der Waals surface area contributed by atoms with E-state index in [4.69, 9.17) is 0 Å². The molecule has 1 heterocycles. The van der Waals surface area contributed by atoms with Crippen molar-refractivity contribution in [2.45, 2.75) is 26.3 Å². The lowest BCUT2D eigenvalue weighted by Gasteiger charge is -2.39. The summed E-state index contributed by atoms with van der Waals surface area (Å²) in [6.45, 7) is 4.91. The molecule has 2 unspecified atom stereocenters. The van der Waals surface area contributed by atoms with Gasteiger partial charge in [0.15, 0.2) is 0 Å². The summed E-state index contributed by atoms with van der Waals surface area (Å²) in [5.74, 6) is -0.920. The lowest BCUT2D eigenvalue weighted by Crippen LogP contribution is -2.41. The Hall–Kier alpha value is -1.35. The van der Waals surface area contributed by atoms with Crippen molar-refractivity contribution in [3.8, 4) is 0 Å². The molecule has 0 amide bonds. The third-order valence-electron chi connectivity index (χ3n) is 3.93. The normalized spacial score (nSPS) is 21.7. The number of carbonyl (C=O) groups is 1.